The van der Waals surface area contributed by atoms with Crippen molar-refractivity contribution < 1.29 is 27.4 Å². The molecule has 2 aromatic carbocycles. The summed E-state index contributed by atoms with van der Waals surface area (Å²) in [5.74, 6) is -0.758. The van der Waals surface area contributed by atoms with Crippen LogP contribution in [0.4, 0.5) is 9.18 Å². The maximum absolute atomic E-state index is 13.3. The number of hydrogen-bond donors (Lipinski definition) is 0. The van der Waals surface area contributed by atoms with Crippen molar-refractivity contribution in [3.8, 4) is 0 Å². The lowest BCUT2D eigenvalue weighted by molar-refractivity contribution is -0.00221. The molecule has 1 amide bonds. The van der Waals surface area contributed by atoms with E-state index in [9.17, 15) is 17.9 Å². The largest absolute Gasteiger partial charge is 0.771 e. The lowest BCUT2D eigenvalue weighted by Gasteiger charge is -2.39. The molecule has 2 aromatic rings. The molecule has 3 unspecified atom stereocenters. The second-order valence-corrected chi connectivity index (χ2v) is 7.38. The predicted octanol–water partition coefficient (Wildman–Crippen LogP) is 3.52. The van der Waals surface area contributed by atoms with Gasteiger partial charge in [-0.2, -0.15) is 0 Å². The quantitative estimate of drug-likeness (QED) is 0.686. The molecule has 0 bridgehead atoms. The molecule has 0 saturated carbocycles. The molecule has 0 N–H and O–H groups in total. The standard InChI is InChI=1S/C20H22FNO5S/c21-17-8-6-16(7-9-17)19-12-18(27-14-28(24)25)10-11-22(19)20(23)26-13-15-4-2-1-3-5-15/h1-9,18-19H,10-14H2,(H,24,25)/p-1. The summed E-state index contributed by atoms with van der Waals surface area (Å²) >= 11 is -2.29. The average molecular weight is 406 g/mol. The SMILES string of the molecule is O=C(OCc1ccccc1)N1CCC(OCS(=O)[O-])CC1c1ccc(F)cc1. The Morgan fingerprint density at radius 3 is 2.57 bits per heavy atom. The van der Waals surface area contributed by atoms with Crippen LogP contribution in [0.15, 0.2) is 54.6 Å². The molecule has 8 heteroatoms. The second kappa shape index (κ2) is 9.77. The van der Waals surface area contributed by atoms with Gasteiger partial charge in [-0.3, -0.25) is 4.21 Å². The summed E-state index contributed by atoms with van der Waals surface area (Å²) in [7, 11) is 0. The number of carbonyl (C=O) groups is 1. The third-order valence-corrected chi connectivity index (χ3v) is 4.98. The molecule has 1 aliphatic heterocycles. The number of likely N-dealkylation sites (tertiary alicyclic amines) is 1. The summed E-state index contributed by atoms with van der Waals surface area (Å²) in [5.41, 5.74) is 1.62. The molecule has 150 valence electrons. The van der Waals surface area contributed by atoms with E-state index in [1.54, 1.807) is 17.0 Å². The smallest absolute Gasteiger partial charge is 0.410 e. The lowest BCUT2D eigenvalue weighted by Crippen LogP contribution is -2.43. The van der Waals surface area contributed by atoms with Crippen molar-refractivity contribution in [2.75, 3.05) is 12.5 Å². The monoisotopic (exact) mass is 406 g/mol. The highest BCUT2D eigenvalue weighted by atomic mass is 32.2. The molecule has 3 atom stereocenters. The van der Waals surface area contributed by atoms with Crippen LogP contribution in [0.25, 0.3) is 0 Å². The highest BCUT2D eigenvalue weighted by Gasteiger charge is 2.34. The van der Waals surface area contributed by atoms with Crippen molar-refractivity contribution in [3.63, 3.8) is 0 Å². The van der Waals surface area contributed by atoms with Crippen LogP contribution < -0.4 is 0 Å². The molecule has 0 aliphatic carbocycles. The minimum Gasteiger partial charge on any atom is -0.771 e. The van der Waals surface area contributed by atoms with E-state index in [1.165, 1.54) is 12.1 Å². The zero-order valence-electron chi connectivity index (χ0n) is 15.2. The predicted molar refractivity (Wildman–Crippen MR) is 100 cm³/mol. The van der Waals surface area contributed by atoms with Gasteiger partial charge in [0.25, 0.3) is 0 Å². The maximum atomic E-state index is 13.3. The molecule has 1 aliphatic rings. The summed E-state index contributed by atoms with van der Waals surface area (Å²) in [4.78, 5) is 14.3. The van der Waals surface area contributed by atoms with Crippen molar-refractivity contribution in [2.24, 2.45) is 0 Å². The number of amides is 1. The molecular weight excluding hydrogens is 385 g/mol. The van der Waals surface area contributed by atoms with Crippen LogP contribution in [0.5, 0.6) is 0 Å². The first-order valence-electron chi connectivity index (χ1n) is 8.93. The van der Waals surface area contributed by atoms with Crippen molar-refractivity contribution in [2.45, 2.75) is 31.6 Å². The Bertz CT molecular complexity index is 802. The van der Waals surface area contributed by atoms with Crippen molar-refractivity contribution in [1.82, 2.24) is 4.90 Å². The van der Waals surface area contributed by atoms with E-state index in [4.69, 9.17) is 9.47 Å². The van der Waals surface area contributed by atoms with Gasteiger partial charge in [-0.15, -0.1) is 0 Å². The van der Waals surface area contributed by atoms with Gasteiger partial charge in [0, 0.05) is 6.54 Å². The van der Waals surface area contributed by atoms with Crippen molar-refractivity contribution in [1.29, 1.82) is 0 Å². The number of carbonyl (C=O) groups excluding carboxylic acids is 1. The van der Waals surface area contributed by atoms with Crippen LogP contribution in [0.1, 0.15) is 30.0 Å². The molecular formula is C20H21FNO5S-. The summed E-state index contributed by atoms with van der Waals surface area (Å²) in [6.07, 6.45) is 0.119. The van der Waals surface area contributed by atoms with Crippen LogP contribution in [0.3, 0.4) is 0 Å². The first kappa shape index (κ1) is 20.4. The molecule has 0 aromatic heterocycles. The normalized spacial score (nSPS) is 20.6. The Morgan fingerprint density at radius 1 is 1.18 bits per heavy atom. The maximum Gasteiger partial charge on any atom is 0.410 e. The third kappa shape index (κ3) is 5.60. The van der Waals surface area contributed by atoms with Gasteiger partial charge < -0.3 is 18.9 Å². The van der Waals surface area contributed by atoms with Crippen LogP contribution in [0.2, 0.25) is 0 Å². The molecule has 3 rings (SSSR count). The van der Waals surface area contributed by atoms with E-state index in [-0.39, 0.29) is 30.5 Å². The van der Waals surface area contributed by atoms with E-state index in [1.807, 2.05) is 30.3 Å². The zero-order chi connectivity index (χ0) is 19.9. The fourth-order valence-electron chi connectivity index (χ4n) is 3.26. The molecule has 6 nitrogen and oxygen atoms in total. The van der Waals surface area contributed by atoms with Gasteiger partial charge in [0.2, 0.25) is 0 Å². The van der Waals surface area contributed by atoms with Crippen LogP contribution in [0, 0.1) is 5.82 Å². The van der Waals surface area contributed by atoms with Crippen LogP contribution in [-0.2, 0) is 27.2 Å². The number of halogens is 1. The average Bonchev–Trinajstić information content (AvgIpc) is 2.71. The highest BCUT2D eigenvalue weighted by Crippen LogP contribution is 2.33. The summed E-state index contributed by atoms with van der Waals surface area (Å²) < 4.78 is 45.7. The fraction of sp³-hybridized carbons (Fsp3) is 0.350. The van der Waals surface area contributed by atoms with Gasteiger partial charge in [0.15, 0.2) is 0 Å². The molecule has 1 heterocycles. The van der Waals surface area contributed by atoms with Gasteiger partial charge in [0.05, 0.1) is 12.1 Å². The van der Waals surface area contributed by atoms with Crippen LogP contribution in [-0.4, -0.2) is 38.3 Å². The number of ether oxygens (including phenoxy) is 2. The third-order valence-electron chi connectivity index (χ3n) is 4.65. The Hall–Kier alpha value is -2.29. The number of rotatable bonds is 6. The second-order valence-electron chi connectivity index (χ2n) is 6.54. The Kier molecular flexibility index (Phi) is 7.13. The highest BCUT2D eigenvalue weighted by molar-refractivity contribution is 7.78. The lowest BCUT2D eigenvalue weighted by atomic mass is 9.93. The van der Waals surface area contributed by atoms with Gasteiger partial charge in [0.1, 0.15) is 18.4 Å². The van der Waals surface area contributed by atoms with Gasteiger partial charge in [-0.05, 0) is 47.2 Å². The topological polar surface area (TPSA) is 78.9 Å². The summed E-state index contributed by atoms with van der Waals surface area (Å²) in [5, 5.41) is 0. The van der Waals surface area contributed by atoms with Crippen LogP contribution >= 0.6 is 0 Å². The Morgan fingerprint density at radius 2 is 1.89 bits per heavy atom. The molecule has 1 fully saturated rings. The minimum atomic E-state index is -2.29. The van der Waals surface area contributed by atoms with Gasteiger partial charge in [-0.1, -0.05) is 42.5 Å². The van der Waals surface area contributed by atoms with Crippen molar-refractivity contribution >= 4 is 17.2 Å². The van der Waals surface area contributed by atoms with Gasteiger partial charge >= 0.3 is 6.09 Å². The van der Waals surface area contributed by atoms with E-state index in [2.05, 4.69) is 0 Å². The number of benzene rings is 2. The van der Waals surface area contributed by atoms with E-state index in [0.29, 0.717) is 19.4 Å². The van der Waals surface area contributed by atoms with E-state index in [0.717, 1.165) is 11.1 Å². The Labute approximate surface area is 165 Å². The van der Waals surface area contributed by atoms with Crippen molar-refractivity contribution in [3.05, 3.63) is 71.5 Å². The molecule has 28 heavy (non-hydrogen) atoms. The molecule has 1 saturated heterocycles. The summed E-state index contributed by atoms with van der Waals surface area (Å²) in [6, 6.07) is 14.9. The number of hydrogen-bond acceptors (Lipinski definition) is 5. The number of piperidine rings is 1. The van der Waals surface area contributed by atoms with E-state index >= 15 is 0 Å². The fourth-order valence-corrected chi connectivity index (χ4v) is 3.56. The van der Waals surface area contributed by atoms with E-state index < -0.39 is 17.2 Å². The summed E-state index contributed by atoms with van der Waals surface area (Å²) in [6.45, 7) is 0.507. The zero-order valence-corrected chi connectivity index (χ0v) is 16.0. The minimum absolute atomic E-state index is 0.154. The molecule has 0 spiro atoms. The first-order chi connectivity index (χ1) is 13.5. The molecule has 0 radical (unpaired) electrons. The number of nitrogens with zero attached hydrogens (tertiary/aromatic N) is 1. The Balaban J connectivity index is 1.70. The van der Waals surface area contributed by atoms with Gasteiger partial charge in [-0.25, -0.2) is 9.18 Å². The first-order valence-corrected chi connectivity index (χ1v) is 10.2.